The topological polar surface area (TPSA) is 72.9 Å². The van der Waals surface area contributed by atoms with E-state index in [0.717, 1.165) is 42.4 Å². The van der Waals surface area contributed by atoms with E-state index in [1.165, 1.54) is 0 Å². The highest BCUT2D eigenvalue weighted by Crippen LogP contribution is 2.24. The maximum Gasteiger partial charge on any atom is 0.223 e. The summed E-state index contributed by atoms with van der Waals surface area (Å²) in [5.41, 5.74) is 7.92. The van der Waals surface area contributed by atoms with E-state index in [-0.39, 0.29) is 17.9 Å². The maximum atomic E-state index is 12.2. The van der Waals surface area contributed by atoms with Crippen molar-refractivity contribution in [1.82, 2.24) is 15.1 Å². The molecular weight excluding hydrogens is 264 g/mol. The molecule has 0 spiro atoms. The van der Waals surface area contributed by atoms with E-state index in [1.807, 2.05) is 16.8 Å². The third-order valence-electron chi connectivity index (χ3n) is 4.31. The normalized spacial score (nSPS) is 21.8. The summed E-state index contributed by atoms with van der Waals surface area (Å²) in [5.74, 6) is 0.178. The second kappa shape index (κ2) is 5.85. The second-order valence-electron chi connectivity index (χ2n) is 5.77. The van der Waals surface area contributed by atoms with Gasteiger partial charge in [0.1, 0.15) is 0 Å². The quantitative estimate of drug-likeness (QED) is 0.900. The predicted molar refractivity (Wildman–Crippen MR) is 82.6 cm³/mol. The Bertz CT molecular complexity index is 649. The molecule has 2 atom stereocenters. The first-order valence-corrected chi connectivity index (χ1v) is 7.66. The molecule has 0 radical (unpaired) electrons. The number of carbonyl (C=O) groups is 1. The fraction of sp³-hybridized carbons (Fsp3) is 0.500. The third-order valence-corrected chi connectivity index (χ3v) is 4.31. The van der Waals surface area contributed by atoms with Gasteiger partial charge < -0.3 is 11.1 Å². The zero-order valence-electron chi connectivity index (χ0n) is 12.4. The van der Waals surface area contributed by atoms with Gasteiger partial charge in [-0.2, -0.15) is 5.10 Å². The summed E-state index contributed by atoms with van der Waals surface area (Å²) in [6.07, 6.45) is 2.65. The number of carbonyl (C=O) groups excluding carboxylic acids is 1. The largest absolute Gasteiger partial charge is 0.350 e. The minimum atomic E-state index is 0.0690. The van der Waals surface area contributed by atoms with E-state index in [9.17, 15) is 4.79 Å². The first kappa shape index (κ1) is 14.1. The minimum Gasteiger partial charge on any atom is -0.350 e. The van der Waals surface area contributed by atoms with Crippen LogP contribution in [0.3, 0.4) is 0 Å². The summed E-state index contributed by atoms with van der Waals surface area (Å²) in [5, 5.41) is 8.73. The Balaban J connectivity index is 1.72. The van der Waals surface area contributed by atoms with Crippen LogP contribution in [0, 0.1) is 5.92 Å². The Kier molecular flexibility index (Phi) is 3.92. The number of benzene rings is 1. The minimum absolute atomic E-state index is 0.0690. The van der Waals surface area contributed by atoms with Crippen molar-refractivity contribution in [2.75, 3.05) is 0 Å². The molecule has 1 saturated carbocycles. The van der Waals surface area contributed by atoms with E-state index < -0.39 is 0 Å². The van der Waals surface area contributed by atoms with Gasteiger partial charge in [0.25, 0.3) is 0 Å². The molecule has 112 valence electrons. The SMILES string of the molecule is CCn1nc(CNC(=O)C2CCC(N)C2)c2ccccc21. The molecule has 1 aromatic carbocycles. The van der Waals surface area contributed by atoms with E-state index in [4.69, 9.17) is 5.73 Å². The highest BCUT2D eigenvalue weighted by Gasteiger charge is 2.27. The first-order chi connectivity index (χ1) is 10.2. The number of nitrogens with two attached hydrogens (primary N) is 1. The number of hydrogen-bond acceptors (Lipinski definition) is 3. The van der Waals surface area contributed by atoms with Crippen LogP contribution < -0.4 is 11.1 Å². The van der Waals surface area contributed by atoms with Crippen molar-refractivity contribution in [2.24, 2.45) is 11.7 Å². The van der Waals surface area contributed by atoms with Crippen LogP contribution in [0.15, 0.2) is 24.3 Å². The summed E-state index contributed by atoms with van der Waals surface area (Å²) in [7, 11) is 0. The zero-order valence-corrected chi connectivity index (χ0v) is 12.4. The number of hydrogen-bond donors (Lipinski definition) is 2. The van der Waals surface area contributed by atoms with Crippen molar-refractivity contribution in [2.45, 2.75) is 45.3 Å². The Hall–Kier alpha value is -1.88. The number of aromatic nitrogens is 2. The number of nitrogens with zero attached hydrogens (tertiary/aromatic N) is 2. The van der Waals surface area contributed by atoms with E-state index in [0.29, 0.717) is 6.54 Å². The van der Waals surface area contributed by atoms with Gasteiger partial charge in [0.2, 0.25) is 5.91 Å². The molecule has 1 fully saturated rings. The van der Waals surface area contributed by atoms with Crippen LogP contribution in [0.5, 0.6) is 0 Å². The third kappa shape index (κ3) is 2.78. The maximum absolute atomic E-state index is 12.2. The number of rotatable bonds is 4. The molecule has 3 rings (SSSR count). The van der Waals surface area contributed by atoms with Gasteiger partial charge in [-0.1, -0.05) is 18.2 Å². The molecule has 1 aliphatic rings. The Morgan fingerprint density at radius 2 is 2.24 bits per heavy atom. The van der Waals surface area contributed by atoms with Gasteiger partial charge >= 0.3 is 0 Å². The molecule has 2 unspecified atom stereocenters. The smallest absolute Gasteiger partial charge is 0.223 e. The van der Waals surface area contributed by atoms with Crippen molar-refractivity contribution in [3.05, 3.63) is 30.0 Å². The molecule has 5 heteroatoms. The van der Waals surface area contributed by atoms with Crippen molar-refractivity contribution < 1.29 is 4.79 Å². The van der Waals surface area contributed by atoms with Gasteiger partial charge in [-0.25, -0.2) is 0 Å². The summed E-state index contributed by atoms with van der Waals surface area (Å²) < 4.78 is 1.97. The molecule has 0 bridgehead atoms. The summed E-state index contributed by atoms with van der Waals surface area (Å²) in [6.45, 7) is 3.38. The van der Waals surface area contributed by atoms with Crippen molar-refractivity contribution in [3.63, 3.8) is 0 Å². The number of nitrogens with one attached hydrogen (secondary N) is 1. The fourth-order valence-electron chi connectivity index (χ4n) is 3.14. The van der Waals surface area contributed by atoms with Gasteiger partial charge in [-0.05, 0) is 32.3 Å². The Morgan fingerprint density at radius 1 is 1.43 bits per heavy atom. The number of amides is 1. The van der Waals surface area contributed by atoms with E-state index in [2.05, 4.69) is 29.5 Å². The van der Waals surface area contributed by atoms with Gasteiger partial charge in [-0.3, -0.25) is 9.48 Å². The van der Waals surface area contributed by atoms with E-state index in [1.54, 1.807) is 0 Å². The van der Waals surface area contributed by atoms with Crippen LogP contribution in [0.25, 0.3) is 10.9 Å². The number of para-hydroxylation sites is 1. The zero-order chi connectivity index (χ0) is 14.8. The average molecular weight is 286 g/mol. The van der Waals surface area contributed by atoms with Crippen LogP contribution in [0.4, 0.5) is 0 Å². The fourth-order valence-corrected chi connectivity index (χ4v) is 3.14. The predicted octanol–water partition coefficient (Wildman–Crippen LogP) is 1.80. The molecule has 1 amide bonds. The van der Waals surface area contributed by atoms with Gasteiger partial charge in [0.05, 0.1) is 17.8 Å². The second-order valence-corrected chi connectivity index (χ2v) is 5.77. The molecule has 0 aliphatic heterocycles. The lowest BCUT2D eigenvalue weighted by Gasteiger charge is -2.09. The van der Waals surface area contributed by atoms with Crippen LogP contribution in [-0.2, 0) is 17.9 Å². The first-order valence-electron chi connectivity index (χ1n) is 7.66. The summed E-state index contributed by atoms with van der Waals surface area (Å²) in [6, 6.07) is 8.32. The molecule has 5 nitrogen and oxygen atoms in total. The molecule has 2 aromatic rings. The lowest BCUT2D eigenvalue weighted by atomic mass is 10.1. The molecule has 21 heavy (non-hydrogen) atoms. The van der Waals surface area contributed by atoms with Crippen LogP contribution in [-0.4, -0.2) is 21.7 Å². The lowest BCUT2D eigenvalue weighted by molar-refractivity contribution is -0.125. The number of aryl methyl sites for hydroxylation is 1. The standard InChI is InChI=1S/C16H22N4O/c1-2-20-15-6-4-3-5-13(15)14(19-20)10-18-16(21)11-7-8-12(17)9-11/h3-6,11-12H,2,7-10,17H2,1H3,(H,18,21). The molecule has 1 aromatic heterocycles. The van der Waals surface area contributed by atoms with Crippen molar-refractivity contribution >= 4 is 16.8 Å². The Morgan fingerprint density at radius 3 is 2.95 bits per heavy atom. The average Bonchev–Trinajstić information content (AvgIpc) is 3.09. The van der Waals surface area contributed by atoms with Gasteiger partial charge in [0, 0.05) is 23.9 Å². The van der Waals surface area contributed by atoms with Crippen LogP contribution >= 0.6 is 0 Å². The molecule has 0 saturated heterocycles. The molecule has 1 heterocycles. The Labute approximate surface area is 124 Å². The molecule has 3 N–H and O–H groups in total. The highest BCUT2D eigenvalue weighted by atomic mass is 16.1. The van der Waals surface area contributed by atoms with Gasteiger partial charge in [-0.15, -0.1) is 0 Å². The molecular formula is C16H22N4O. The van der Waals surface area contributed by atoms with Crippen LogP contribution in [0.2, 0.25) is 0 Å². The lowest BCUT2D eigenvalue weighted by Crippen LogP contribution is -2.30. The number of fused-ring (bicyclic) bond motifs is 1. The van der Waals surface area contributed by atoms with E-state index >= 15 is 0 Å². The van der Waals surface area contributed by atoms with Crippen LogP contribution in [0.1, 0.15) is 31.9 Å². The molecule has 1 aliphatic carbocycles. The monoisotopic (exact) mass is 286 g/mol. The van der Waals surface area contributed by atoms with Crippen molar-refractivity contribution in [3.8, 4) is 0 Å². The van der Waals surface area contributed by atoms with Gasteiger partial charge in [0.15, 0.2) is 0 Å². The highest BCUT2D eigenvalue weighted by molar-refractivity contribution is 5.83. The summed E-state index contributed by atoms with van der Waals surface area (Å²) in [4.78, 5) is 12.2. The van der Waals surface area contributed by atoms with Crippen molar-refractivity contribution in [1.29, 1.82) is 0 Å². The summed E-state index contributed by atoms with van der Waals surface area (Å²) >= 11 is 0.